The van der Waals surface area contributed by atoms with Gasteiger partial charge >= 0.3 is 0 Å². The van der Waals surface area contributed by atoms with E-state index in [0.717, 1.165) is 17.8 Å². The molecule has 4 nitrogen and oxygen atoms in total. The second-order valence-electron chi connectivity index (χ2n) is 6.47. The van der Waals surface area contributed by atoms with Crippen LogP contribution >= 0.6 is 0 Å². The summed E-state index contributed by atoms with van der Waals surface area (Å²) in [4.78, 5) is 27.3. The largest absolute Gasteiger partial charge is 0.322 e. The Morgan fingerprint density at radius 3 is 2.14 bits per heavy atom. The van der Waals surface area contributed by atoms with Gasteiger partial charge in [0, 0.05) is 29.0 Å². The van der Waals surface area contributed by atoms with Gasteiger partial charge in [-0.25, -0.2) is 0 Å². The summed E-state index contributed by atoms with van der Waals surface area (Å²) in [5.41, 5.74) is 3.72. The number of hydrogen-bond acceptors (Lipinski definition) is 2. The lowest BCUT2D eigenvalue weighted by atomic mass is 10.1. The van der Waals surface area contributed by atoms with Crippen molar-refractivity contribution in [3.8, 4) is 0 Å². The van der Waals surface area contributed by atoms with Crippen LogP contribution in [-0.4, -0.2) is 18.4 Å². The fourth-order valence-corrected chi connectivity index (χ4v) is 3.03. The molecule has 1 N–H and O–H groups in total. The van der Waals surface area contributed by atoms with E-state index in [0.29, 0.717) is 17.7 Å². The summed E-state index contributed by atoms with van der Waals surface area (Å²) in [7, 11) is 0. The Morgan fingerprint density at radius 1 is 0.821 bits per heavy atom. The van der Waals surface area contributed by atoms with Crippen molar-refractivity contribution in [2.24, 2.45) is 0 Å². The number of hydrogen-bond donors (Lipinski definition) is 1. The normalized spacial score (nSPS) is 10.4. The van der Waals surface area contributed by atoms with E-state index in [2.05, 4.69) is 12.2 Å². The Labute approximate surface area is 165 Å². The molecule has 0 unspecified atom stereocenters. The zero-order valence-corrected chi connectivity index (χ0v) is 16.2. The number of nitrogens with one attached hydrogen (secondary N) is 1. The van der Waals surface area contributed by atoms with Crippen LogP contribution in [0.25, 0.3) is 0 Å². The number of benzene rings is 3. The molecule has 3 aromatic rings. The molecule has 0 aliphatic carbocycles. The van der Waals surface area contributed by atoms with Gasteiger partial charge in [0.2, 0.25) is 0 Å². The summed E-state index contributed by atoms with van der Waals surface area (Å²) in [5, 5.41) is 2.89. The van der Waals surface area contributed by atoms with E-state index in [9.17, 15) is 9.59 Å². The minimum atomic E-state index is -0.235. The van der Waals surface area contributed by atoms with Crippen molar-refractivity contribution < 1.29 is 9.59 Å². The zero-order chi connectivity index (χ0) is 19.9. The van der Waals surface area contributed by atoms with Gasteiger partial charge in [-0.2, -0.15) is 0 Å². The number of amides is 2. The number of carbonyl (C=O) groups excluding carboxylic acids is 2. The first kappa shape index (κ1) is 19.4. The van der Waals surface area contributed by atoms with Crippen LogP contribution in [0.15, 0.2) is 78.9 Å². The van der Waals surface area contributed by atoms with Crippen molar-refractivity contribution in [2.45, 2.75) is 20.3 Å². The van der Waals surface area contributed by atoms with Crippen molar-refractivity contribution in [3.05, 3.63) is 95.6 Å². The highest BCUT2D eigenvalue weighted by molar-refractivity contribution is 6.09. The molecule has 3 aromatic carbocycles. The number of para-hydroxylation sites is 1. The third-order valence-corrected chi connectivity index (χ3v) is 4.62. The lowest BCUT2D eigenvalue weighted by Crippen LogP contribution is -2.30. The molecule has 0 saturated heterocycles. The van der Waals surface area contributed by atoms with Gasteiger partial charge in [0.15, 0.2) is 0 Å². The number of carbonyl (C=O) groups is 2. The van der Waals surface area contributed by atoms with Crippen molar-refractivity contribution in [3.63, 3.8) is 0 Å². The molecule has 0 atom stereocenters. The smallest absolute Gasteiger partial charge is 0.258 e. The first-order chi connectivity index (χ1) is 13.6. The molecule has 4 heteroatoms. The summed E-state index contributed by atoms with van der Waals surface area (Å²) in [6, 6.07) is 24.1. The monoisotopic (exact) mass is 372 g/mol. The van der Waals surface area contributed by atoms with Crippen molar-refractivity contribution >= 4 is 23.2 Å². The van der Waals surface area contributed by atoms with E-state index in [4.69, 9.17) is 0 Å². The van der Waals surface area contributed by atoms with Crippen LogP contribution in [0.2, 0.25) is 0 Å². The SMILES string of the molecule is CCc1ccc(NC(=O)c2cccc(C(=O)N(CC)c3ccccc3)c2)cc1. The molecule has 28 heavy (non-hydrogen) atoms. The van der Waals surface area contributed by atoms with Gasteiger partial charge in [-0.15, -0.1) is 0 Å². The lowest BCUT2D eigenvalue weighted by Gasteiger charge is -2.21. The number of aryl methyl sites for hydroxylation is 1. The second kappa shape index (κ2) is 9.00. The summed E-state index contributed by atoms with van der Waals surface area (Å²) in [6.45, 7) is 4.57. The van der Waals surface area contributed by atoms with Gasteiger partial charge in [0.05, 0.1) is 0 Å². The van der Waals surface area contributed by atoms with Crippen LogP contribution in [0.5, 0.6) is 0 Å². The first-order valence-electron chi connectivity index (χ1n) is 9.49. The molecule has 142 valence electrons. The molecule has 0 aliphatic rings. The lowest BCUT2D eigenvalue weighted by molar-refractivity contribution is 0.0988. The predicted molar refractivity (Wildman–Crippen MR) is 114 cm³/mol. The van der Waals surface area contributed by atoms with Crippen LogP contribution in [0, 0.1) is 0 Å². The minimum Gasteiger partial charge on any atom is -0.322 e. The van der Waals surface area contributed by atoms with Crippen molar-refractivity contribution in [2.75, 3.05) is 16.8 Å². The second-order valence-corrected chi connectivity index (χ2v) is 6.47. The number of rotatable bonds is 6. The average molecular weight is 372 g/mol. The van der Waals surface area contributed by atoms with Crippen LogP contribution in [0.4, 0.5) is 11.4 Å². The summed E-state index contributed by atoms with van der Waals surface area (Å²) in [5.74, 6) is -0.364. The third-order valence-electron chi connectivity index (χ3n) is 4.62. The summed E-state index contributed by atoms with van der Waals surface area (Å²) >= 11 is 0. The maximum Gasteiger partial charge on any atom is 0.258 e. The zero-order valence-electron chi connectivity index (χ0n) is 16.2. The van der Waals surface area contributed by atoms with E-state index >= 15 is 0 Å². The molecule has 0 bridgehead atoms. The Balaban J connectivity index is 1.78. The van der Waals surface area contributed by atoms with Crippen LogP contribution in [0.1, 0.15) is 40.1 Å². The summed E-state index contributed by atoms with van der Waals surface area (Å²) < 4.78 is 0. The molecule has 2 amide bonds. The highest BCUT2D eigenvalue weighted by Gasteiger charge is 2.17. The van der Waals surface area contributed by atoms with Gasteiger partial charge in [0.25, 0.3) is 11.8 Å². The van der Waals surface area contributed by atoms with Gasteiger partial charge in [-0.1, -0.05) is 43.3 Å². The average Bonchev–Trinajstić information content (AvgIpc) is 2.75. The molecule has 0 fully saturated rings. The fourth-order valence-electron chi connectivity index (χ4n) is 3.03. The van der Waals surface area contributed by atoms with Crippen LogP contribution in [-0.2, 0) is 6.42 Å². The molecule has 0 spiro atoms. The highest BCUT2D eigenvalue weighted by Crippen LogP contribution is 2.18. The maximum atomic E-state index is 13.0. The Kier molecular flexibility index (Phi) is 6.22. The highest BCUT2D eigenvalue weighted by atomic mass is 16.2. The van der Waals surface area contributed by atoms with Gasteiger partial charge in [-0.05, 0) is 61.4 Å². The number of nitrogens with zero attached hydrogens (tertiary/aromatic N) is 1. The quantitative estimate of drug-likeness (QED) is 0.649. The number of anilines is 2. The Morgan fingerprint density at radius 2 is 1.50 bits per heavy atom. The van der Waals surface area contributed by atoms with Gasteiger partial charge in [0.1, 0.15) is 0 Å². The molecular formula is C24H24N2O2. The third kappa shape index (κ3) is 4.46. The molecule has 0 saturated carbocycles. The topological polar surface area (TPSA) is 49.4 Å². The van der Waals surface area contributed by atoms with Crippen molar-refractivity contribution in [1.29, 1.82) is 0 Å². The molecule has 0 aromatic heterocycles. The standard InChI is InChI=1S/C24H24N2O2/c1-3-18-13-15-21(16-14-18)25-23(27)19-9-8-10-20(17-19)24(28)26(4-2)22-11-6-5-7-12-22/h5-17H,3-4H2,1-2H3,(H,25,27). The summed E-state index contributed by atoms with van der Waals surface area (Å²) in [6.07, 6.45) is 0.952. The van der Waals surface area contributed by atoms with Crippen LogP contribution in [0.3, 0.4) is 0 Å². The molecule has 0 radical (unpaired) electrons. The minimum absolute atomic E-state index is 0.129. The van der Waals surface area contributed by atoms with E-state index in [1.54, 1.807) is 29.2 Å². The maximum absolute atomic E-state index is 13.0. The fraction of sp³-hybridized carbons (Fsp3) is 0.167. The van der Waals surface area contributed by atoms with E-state index in [-0.39, 0.29) is 11.8 Å². The van der Waals surface area contributed by atoms with Gasteiger partial charge in [-0.3, -0.25) is 9.59 Å². The van der Waals surface area contributed by atoms with E-state index in [1.165, 1.54) is 5.56 Å². The molecule has 0 heterocycles. The van der Waals surface area contributed by atoms with Crippen LogP contribution < -0.4 is 10.2 Å². The van der Waals surface area contributed by atoms with Gasteiger partial charge < -0.3 is 10.2 Å². The van der Waals surface area contributed by atoms with E-state index in [1.807, 2.05) is 61.5 Å². The molecule has 3 rings (SSSR count). The van der Waals surface area contributed by atoms with E-state index < -0.39 is 0 Å². The Hall–Kier alpha value is -3.40. The first-order valence-corrected chi connectivity index (χ1v) is 9.49. The Bertz CT molecular complexity index is 950. The predicted octanol–water partition coefficient (Wildman–Crippen LogP) is 5.17. The van der Waals surface area contributed by atoms with Crippen molar-refractivity contribution in [1.82, 2.24) is 0 Å². The molecule has 0 aliphatic heterocycles. The molecular weight excluding hydrogens is 348 g/mol.